The summed E-state index contributed by atoms with van der Waals surface area (Å²) in [6, 6.07) is 5.73. The van der Waals surface area contributed by atoms with E-state index in [1.165, 1.54) is 50.5 Å². The van der Waals surface area contributed by atoms with Crippen molar-refractivity contribution >= 4 is 15.9 Å². The molecule has 0 aromatic carbocycles. The maximum Gasteiger partial charge on any atom is 0.388 e. The van der Waals surface area contributed by atoms with Crippen LogP contribution < -0.4 is 14.2 Å². The molecule has 0 N–H and O–H groups in total. The maximum atomic E-state index is 11.6. The Kier molecular flexibility index (Phi) is 11.9. The quantitative estimate of drug-likeness (QED) is 0.577. The van der Waals surface area contributed by atoms with Crippen molar-refractivity contribution < 1.29 is 36.5 Å². The zero-order valence-electron chi connectivity index (χ0n) is 14.9. The Morgan fingerprint density at radius 3 is 1.75 bits per heavy atom. The molecule has 3 heterocycles. The van der Waals surface area contributed by atoms with Crippen molar-refractivity contribution in [1.82, 2.24) is 9.97 Å². The molecule has 156 valence electrons. The van der Waals surface area contributed by atoms with Gasteiger partial charge in [-0.2, -0.15) is 17.6 Å². The lowest BCUT2D eigenvalue weighted by atomic mass is 10.4. The molecular weight excluding hydrogens is 452 g/mol. The first-order chi connectivity index (χ1) is 13.4. The molecule has 11 heteroatoms. The van der Waals surface area contributed by atoms with Crippen LogP contribution in [0.5, 0.6) is 17.5 Å². The maximum absolute atomic E-state index is 11.6. The van der Waals surface area contributed by atoms with E-state index in [0.717, 1.165) is 17.7 Å². The van der Waals surface area contributed by atoms with Crippen LogP contribution in [0.1, 0.15) is 12.8 Å². The fourth-order valence-corrected chi connectivity index (χ4v) is 1.92. The molecule has 1 aliphatic heterocycles. The van der Waals surface area contributed by atoms with Gasteiger partial charge in [0.1, 0.15) is 5.75 Å². The lowest BCUT2D eigenvalue weighted by Crippen LogP contribution is -2.03. The molecular formula is C17H19BrF4N2O4. The number of rotatable bonds is 5. The minimum absolute atomic E-state index is 0.0804. The van der Waals surface area contributed by atoms with Gasteiger partial charge < -0.3 is 18.9 Å². The molecule has 0 saturated carbocycles. The Morgan fingerprint density at radius 1 is 0.893 bits per heavy atom. The Bertz CT molecular complexity index is 637. The normalized spacial score (nSPS) is 12.6. The number of hydrogen-bond donors (Lipinski definition) is 0. The Labute approximate surface area is 167 Å². The molecule has 0 radical (unpaired) electrons. The summed E-state index contributed by atoms with van der Waals surface area (Å²) in [6.45, 7) is -3.66. The smallest absolute Gasteiger partial charge is 0.388 e. The fraction of sp³-hybridized carbons (Fsp3) is 0.412. The highest BCUT2D eigenvalue weighted by atomic mass is 79.9. The van der Waals surface area contributed by atoms with Gasteiger partial charge in [-0.25, -0.2) is 9.97 Å². The van der Waals surface area contributed by atoms with Crippen LogP contribution in [0.3, 0.4) is 0 Å². The summed E-state index contributed by atoms with van der Waals surface area (Å²) in [6.07, 6.45) is 5.25. The average molecular weight is 471 g/mol. The van der Waals surface area contributed by atoms with Crippen molar-refractivity contribution in [1.29, 1.82) is 0 Å². The number of methoxy groups -OCH3 is 1. The van der Waals surface area contributed by atoms with Crippen molar-refractivity contribution in [2.75, 3.05) is 20.3 Å². The number of ether oxygens (including phenoxy) is 4. The Balaban J connectivity index is 0.000000226. The third-order valence-corrected chi connectivity index (χ3v) is 3.36. The lowest BCUT2D eigenvalue weighted by Gasteiger charge is -2.03. The van der Waals surface area contributed by atoms with Crippen molar-refractivity contribution in [3.05, 3.63) is 41.1 Å². The number of aromatic nitrogens is 2. The summed E-state index contributed by atoms with van der Waals surface area (Å²) in [5.41, 5.74) is 0. The molecule has 0 spiro atoms. The van der Waals surface area contributed by atoms with E-state index in [2.05, 4.69) is 35.4 Å². The molecule has 0 bridgehead atoms. The zero-order chi connectivity index (χ0) is 20.8. The lowest BCUT2D eigenvalue weighted by molar-refractivity contribution is -0.0535. The van der Waals surface area contributed by atoms with E-state index in [1.54, 1.807) is 6.07 Å². The molecule has 1 aliphatic rings. The van der Waals surface area contributed by atoms with Crippen molar-refractivity contribution in [2.45, 2.75) is 26.1 Å². The van der Waals surface area contributed by atoms with Gasteiger partial charge in [0, 0.05) is 36.0 Å². The first kappa shape index (κ1) is 23.9. The monoisotopic (exact) mass is 470 g/mol. The molecule has 3 rings (SSSR count). The highest BCUT2D eigenvalue weighted by Crippen LogP contribution is 2.15. The summed E-state index contributed by atoms with van der Waals surface area (Å²) in [5, 5.41) is 0. The molecule has 0 amide bonds. The number of hydrogen-bond acceptors (Lipinski definition) is 6. The van der Waals surface area contributed by atoms with Gasteiger partial charge in [0.05, 0.1) is 13.3 Å². The zero-order valence-corrected chi connectivity index (χ0v) is 16.5. The second-order valence-electron chi connectivity index (χ2n) is 4.93. The van der Waals surface area contributed by atoms with Crippen LogP contribution in [0.25, 0.3) is 0 Å². The highest BCUT2D eigenvalue weighted by molar-refractivity contribution is 9.10. The van der Waals surface area contributed by atoms with E-state index in [1.807, 2.05) is 0 Å². The summed E-state index contributed by atoms with van der Waals surface area (Å²) in [4.78, 5) is 7.13. The molecule has 2 aromatic rings. The van der Waals surface area contributed by atoms with Gasteiger partial charge in [-0.15, -0.1) is 0 Å². The van der Waals surface area contributed by atoms with E-state index < -0.39 is 13.2 Å². The van der Waals surface area contributed by atoms with Gasteiger partial charge >= 0.3 is 13.2 Å². The van der Waals surface area contributed by atoms with Gasteiger partial charge in [0.2, 0.25) is 11.8 Å². The van der Waals surface area contributed by atoms with Crippen LogP contribution >= 0.6 is 15.9 Å². The van der Waals surface area contributed by atoms with Crippen molar-refractivity contribution in [3.63, 3.8) is 0 Å². The van der Waals surface area contributed by atoms with Crippen LogP contribution in [0.4, 0.5) is 17.6 Å². The summed E-state index contributed by atoms with van der Waals surface area (Å²) >= 11 is 3.11. The molecule has 0 unspecified atom stereocenters. The molecule has 1 fully saturated rings. The molecule has 2 aromatic heterocycles. The van der Waals surface area contributed by atoms with Crippen LogP contribution in [0.2, 0.25) is 0 Å². The highest BCUT2D eigenvalue weighted by Gasteiger charge is 2.05. The number of pyridine rings is 2. The first-order valence-electron chi connectivity index (χ1n) is 7.99. The second-order valence-corrected chi connectivity index (χ2v) is 5.84. The van der Waals surface area contributed by atoms with Gasteiger partial charge in [0.15, 0.2) is 0 Å². The number of halogens is 5. The van der Waals surface area contributed by atoms with Crippen LogP contribution in [-0.2, 0) is 4.74 Å². The fourth-order valence-electron chi connectivity index (χ4n) is 1.68. The topological polar surface area (TPSA) is 62.7 Å². The summed E-state index contributed by atoms with van der Waals surface area (Å²) < 4.78 is 64.8. The minimum Gasteiger partial charge on any atom is -0.495 e. The molecule has 1 saturated heterocycles. The van der Waals surface area contributed by atoms with E-state index >= 15 is 0 Å². The average Bonchev–Trinajstić information content (AvgIpc) is 3.24. The second kappa shape index (κ2) is 13.9. The van der Waals surface area contributed by atoms with E-state index in [9.17, 15) is 17.6 Å². The minimum atomic E-state index is -2.84. The van der Waals surface area contributed by atoms with Gasteiger partial charge in [-0.1, -0.05) is 0 Å². The molecule has 6 nitrogen and oxygen atoms in total. The third-order valence-electron chi connectivity index (χ3n) is 2.89. The van der Waals surface area contributed by atoms with Gasteiger partial charge in [-0.05, 0) is 40.9 Å². The van der Waals surface area contributed by atoms with E-state index in [-0.39, 0.29) is 11.8 Å². The van der Waals surface area contributed by atoms with Crippen molar-refractivity contribution in [2.24, 2.45) is 0 Å². The predicted molar refractivity (Wildman–Crippen MR) is 96.0 cm³/mol. The third kappa shape index (κ3) is 11.5. The van der Waals surface area contributed by atoms with E-state index in [0.29, 0.717) is 5.75 Å². The van der Waals surface area contributed by atoms with Crippen LogP contribution in [-0.4, -0.2) is 43.5 Å². The predicted octanol–water partition coefficient (Wildman–Crippen LogP) is 4.93. The van der Waals surface area contributed by atoms with E-state index in [4.69, 9.17) is 9.47 Å². The van der Waals surface area contributed by atoms with Crippen LogP contribution in [0, 0.1) is 0 Å². The Hall–Kier alpha value is -2.14. The number of alkyl halides is 4. The van der Waals surface area contributed by atoms with Gasteiger partial charge in [0.25, 0.3) is 0 Å². The molecule has 0 aliphatic carbocycles. The SMILES string of the molecule is C1CCOC1.COc1ccc(OC(F)F)nc1.FC(F)Oc1ccc(Br)cn1. The summed E-state index contributed by atoms with van der Waals surface area (Å²) in [7, 11) is 1.46. The Morgan fingerprint density at radius 2 is 1.43 bits per heavy atom. The number of nitrogens with zero attached hydrogens (tertiary/aromatic N) is 2. The van der Waals surface area contributed by atoms with Crippen LogP contribution in [0.15, 0.2) is 41.1 Å². The largest absolute Gasteiger partial charge is 0.495 e. The first-order valence-corrected chi connectivity index (χ1v) is 8.79. The molecule has 0 atom stereocenters. The molecule has 28 heavy (non-hydrogen) atoms. The summed E-state index contributed by atoms with van der Waals surface area (Å²) in [5.74, 6) is 0.297. The van der Waals surface area contributed by atoms with Crippen molar-refractivity contribution in [3.8, 4) is 17.5 Å². The van der Waals surface area contributed by atoms with Gasteiger partial charge in [-0.3, -0.25) is 0 Å². The standard InChI is InChI=1S/C7H7F2NO2.C6H4BrF2NO.C4H8O/c1-11-5-2-3-6(10-4-5)12-7(8)9;7-4-1-2-5(10-3-4)11-6(8)9;1-2-4-5-3-1/h2-4,7H,1H3;1-3,6H;1-4H2.